The van der Waals surface area contributed by atoms with E-state index in [1.807, 2.05) is 35.7 Å². The first-order valence-electron chi connectivity index (χ1n) is 5.33. The summed E-state index contributed by atoms with van der Waals surface area (Å²) in [6.07, 6.45) is 0. The predicted molar refractivity (Wildman–Crippen MR) is 77.4 cm³/mol. The van der Waals surface area contributed by atoms with Gasteiger partial charge in [0, 0.05) is 10.9 Å². The average Bonchev–Trinajstić information content (AvgIpc) is 2.73. The molecule has 0 amide bonds. The number of carbonyl (C=O) groups excluding carboxylic acids is 1. The SMILES string of the molecule is CCOC(=O)c1c(-c2ccccc2)csc1N.Cl. The fourth-order valence-corrected chi connectivity index (χ4v) is 2.43. The molecule has 0 aliphatic heterocycles. The van der Waals surface area contributed by atoms with Crippen molar-refractivity contribution in [2.24, 2.45) is 0 Å². The number of hydrogen-bond donors (Lipinski definition) is 1. The number of thiophene rings is 1. The minimum absolute atomic E-state index is 0. The third kappa shape index (κ3) is 2.83. The molecule has 1 heterocycles. The van der Waals surface area contributed by atoms with Crippen LogP contribution in [-0.2, 0) is 4.74 Å². The van der Waals surface area contributed by atoms with Crippen molar-refractivity contribution in [3.63, 3.8) is 0 Å². The normalized spacial score (nSPS) is 9.61. The van der Waals surface area contributed by atoms with Gasteiger partial charge in [-0.2, -0.15) is 0 Å². The molecule has 2 aromatic rings. The largest absolute Gasteiger partial charge is 0.462 e. The van der Waals surface area contributed by atoms with E-state index in [0.29, 0.717) is 17.2 Å². The van der Waals surface area contributed by atoms with Crippen molar-refractivity contribution in [2.45, 2.75) is 6.92 Å². The van der Waals surface area contributed by atoms with Gasteiger partial charge in [-0.1, -0.05) is 30.3 Å². The number of anilines is 1. The van der Waals surface area contributed by atoms with Gasteiger partial charge < -0.3 is 10.5 Å². The first kappa shape index (κ1) is 14.5. The molecule has 0 radical (unpaired) electrons. The van der Waals surface area contributed by atoms with Crippen LogP contribution in [0.2, 0.25) is 0 Å². The number of halogens is 1. The van der Waals surface area contributed by atoms with Gasteiger partial charge in [-0.25, -0.2) is 4.79 Å². The number of carbonyl (C=O) groups is 1. The molecular weight excluding hydrogens is 270 g/mol. The van der Waals surface area contributed by atoms with Crippen LogP contribution in [0.4, 0.5) is 5.00 Å². The molecule has 0 atom stereocenters. The molecule has 0 saturated heterocycles. The Bertz CT molecular complexity index is 525. The van der Waals surface area contributed by atoms with Gasteiger partial charge in [-0.3, -0.25) is 0 Å². The maximum absolute atomic E-state index is 11.8. The summed E-state index contributed by atoms with van der Waals surface area (Å²) in [6, 6.07) is 9.69. The van der Waals surface area contributed by atoms with Crippen molar-refractivity contribution >= 4 is 34.7 Å². The number of esters is 1. The maximum Gasteiger partial charge on any atom is 0.341 e. The second-order valence-electron chi connectivity index (χ2n) is 3.48. The van der Waals surface area contributed by atoms with Crippen LogP contribution >= 0.6 is 23.7 Å². The minimum Gasteiger partial charge on any atom is -0.462 e. The third-order valence-corrected chi connectivity index (χ3v) is 3.20. The predicted octanol–water partition coefficient (Wildman–Crippen LogP) is 3.60. The van der Waals surface area contributed by atoms with Crippen LogP contribution in [0, 0.1) is 0 Å². The zero-order valence-electron chi connectivity index (χ0n) is 9.88. The lowest BCUT2D eigenvalue weighted by Gasteiger charge is -2.05. The van der Waals surface area contributed by atoms with Crippen LogP contribution in [0.5, 0.6) is 0 Å². The summed E-state index contributed by atoms with van der Waals surface area (Å²) >= 11 is 1.36. The summed E-state index contributed by atoms with van der Waals surface area (Å²) in [6.45, 7) is 2.13. The van der Waals surface area contributed by atoms with E-state index in [1.54, 1.807) is 6.92 Å². The lowest BCUT2D eigenvalue weighted by molar-refractivity contribution is 0.0529. The first-order valence-corrected chi connectivity index (χ1v) is 6.21. The zero-order chi connectivity index (χ0) is 12.3. The van der Waals surface area contributed by atoms with E-state index in [4.69, 9.17) is 10.5 Å². The maximum atomic E-state index is 11.8. The van der Waals surface area contributed by atoms with Crippen LogP contribution in [0.3, 0.4) is 0 Å². The van der Waals surface area contributed by atoms with E-state index in [9.17, 15) is 4.79 Å². The molecule has 0 bridgehead atoms. The number of benzene rings is 1. The Labute approximate surface area is 116 Å². The second-order valence-corrected chi connectivity index (χ2v) is 4.39. The molecule has 0 saturated carbocycles. The van der Waals surface area contributed by atoms with E-state index in [2.05, 4.69) is 0 Å². The summed E-state index contributed by atoms with van der Waals surface area (Å²) in [4.78, 5) is 11.8. The molecule has 0 fully saturated rings. The second kappa shape index (κ2) is 6.42. The molecule has 0 unspecified atom stereocenters. The van der Waals surface area contributed by atoms with Gasteiger partial charge in [0.25, 0.3) is 0 Å². The van der Waals surface area contributed by atoms with Crippen LogP contribution in [0.1, 0.15) is 17.3 Å². The number of hydrogen-bond acceptors (Lipinski definition) is 4. The molecule has 1 aromatic carbocycles. The van der Waals surface area contributed by atoms with Gasteiger partial charge in [0.15, 0.2) is 0 Å². The van der Waals surface area contributed by atoms with Gasteiger partial charge in [-0.05, 0) is 12.5 Å². The summed E-state index contributed by atoms with van der Waals surface area (Å²) in [5.74, 6) is -0.356. The molecule has 18 heavy (non-hydrogen) atoms. The molecule has 3 nitrogen and oxygen atoms in total. The molecular formula is C13H14ClNO2S. The highest BCUT2D eigenvalue weighted by atomic mass is 35.5. The quantitative estimate of drug-likeness (QED) is 0.876. The van der Waals surface area contributed by atoms with Gasteiger partial charge >= 0.3 is 5.97 Å². The highest BCUT2D eigenvalue weighted by molar-refractivity contribution is 7.14. The lowest BCUT2D eigenvalue weighted by atomic mass is 10.0. The van der Waals surface area contributed by atoms with Crippen molar-refractivity contribution in [1.82, 2.24) is 0 Å². The average molecular weight is 284 g/mol. The van der Waals surface area contributed by atoms with Crippen molar-refractivity contribution in [3.05, 3.63) is 41.3 Å². The fraction of sp³-hybridized carbons (Fsp3) is 0.154. The standard InChI is InChI=1S/C13H13NO2S.ClH/c1-2-16-13(15)11-10(8-17-12(11)14)9-6-4-3-5-7-9;/h3-8H,2,14H2,1H3;1H. The first-order chi connectivity index (χ1) is 8.24. The van der Waals surface area contributed by atoms with Gasteiger partial charge in [-0.15, -0.1) is 23.7 Å². The van der Waals surface area contributed by atoms with Gasteiger partial charge in [0.2, 0.25) is 0 Å². The Morgan fingerprint density at radius 2 is 2.00 bits per heavy atom. The summed E-state index contributed by atoms with van der Waals surface area (Å²) in [5, 5.41) is 2.39. The summed E-state index contributed by atoms with van der Waals surface area (Å²) < 4.78 is 5.02. The third-order valence-electron chi connectivity index (χ3n) is 2.38. The highest BCUT2D eigenvalue weighted by Gasteiger charge is 2.19. The van der Waals surface area contributed by atoms with E-state index >= 15 is 0 Å². The van der Waals surface area contributed by atoms with Crippen LogP contribution in [0.25, 0.3) is 11.1 Å². The summed E-state index contributed by atoms with van der Waals surface area (Å²) in [5.41, 5.74) is 8.12. The number of rotatable bonds is 3. The molecule has 0 spiro atoms. The van der Waals surface area contributed by atoms with Gasteiger partial charge in [0.05, 0.1) is 6.61 Å². The Kier molecular flexibility index (Phi) is 5.19. The van der Waals surface area contributed by atoms with Crippen LogP contribution < -0.4 is 5.73 Å². The van der Waals surface area contributed by atoms with E-state index in [1.165, 1.54) is 11.3 Å². The molecule has 0 aliphatic carbocycles. The van der Waals surface area contributed by atoms with Crippen molar-refractivity contribution in [2.75, 3.05) is 12.3 Å². The molecule has 2 rings (SSSR count). The van der Waals surface area contributed by atoms with E-state index in [0.717, 1.165) is 11.1 Å². The van der Waals surface area contributed by atoms with Crippen molar-refractivity contribution in [3.8, 4) is 11.1 Å². The molecule has 0 aliphatic rings. The van der Waals surface area contributed by atoms with Crippen LogP contribution in [0.15, 0.2) is 35.7 Å². The molecule has 2 N–H and O–H groups in total. The smallest absolute Gasteiger partial charge is 0.341 e. The lowest BCUT2D eigenvalue weighted by Crippen LogP contribution is -2.07. The fourth-order valence-electron chi connectivity index (χ4n) is 1.62. The Morgan fingerprint density at radius 3 is 2.61 bits per heavy atom. The monoisotopic (exact) mass is 283 g/mol. The molecule has 96 valence electrons. The number of nitrogens with two attached hydrogens (primary N) is 1. The van der Waals surface area contributed by atoms with Crippen molar-refractivity contribution in [1.29, 1.82) is 0 Å². The van der Waals surface area contributed by atoms with E-state index < -0.39 is 0 Å². The topological polar surface area (TPSA) is 52.3 Å². The highest BCUT2D eigenvalue weighted by Crippen LogP contribution is 2.33. The van der Waals surface area contributed by atoms with Crippen LogP contribution in [-0.4, -0.2) is 12.6 Å². The van der Waals surface area contributed by atoms with E-state index in [-0.39, 0.29) is 18.4 Å². The molecule has 1 aromatic heterocycles. The summed E-state index contributed by atoms with van der Waals surface area (Å²) in [7, 11) is 0. The van der Waals surface area contributed by atoms with Gasteiger partial charge in [0.1, 0.15) is 10.6 Å². The minimum atomic E-state index is -0.356. The Balaban J connectivity index is 0.00000162. The zero-order valence-corrected chi connectivity index (χ0v) is 11.5. The Morgan fingerprint density at radius 1 is 1.33 bits per heavy atom. The number of ether oxygens (including phenoxy) is 1. The number of nitrogen functional groups attached to an aromatic ring is 1. The molecule has 5 heteroatoms. The Hall–Kier alpha value is -1.52. The van der Waals surface area contributed by atoms with Crippen molar-refractivity contribution < 1.29 is 9.53 Å².